The van der Waals surface area contributed by atoms with Crippen molar-refractivity contribution >= 4 is 15.7 Å². The van der Waals surface area contributed by atoms with Crippen molar-refractivity contribution in [3.63, 3.8) is 0 Å². The number of nitro groups is 1. The molecule has 1 saturated heterocycles. The van der Waals surface area contributed by atoms with Crippen LogP contribution in [-0.4, -0.2) is 42.8 Å². The van der Waals surface area contributed by atoms with Gasteiger partial charge in [0, 0.05) is 31.2 Å². The highest BCUT2D eigenvalue weighted by Gasteiger charge is 2.36. The summed E-state index contributed by atoms with van der Waals surface area (Å²) in [6, 6.07) is 5.23. The molecule has 0 radical (unpaired) electrons. The molecule has 0 bridgehead atoms. The van der Waals surface area contributed by atoms with E-state index in [1.165, 1.54) is 28.6 Å². The molecule has 0 aliphatic carbocycles. The Hall–Kier alpha value is -1.51. The van der Waals surface area contributed by atoms with Crippen LogP contribution in [0.3, 0.4) is 0 Å². The first-order valence-corrected chi connectivity index (χ1v) is 7.76. The first-order chi connectivity index (χ1) is 9.34. The molecule has 1 heterocycles. The highest BCUT2D eigenvalue weighted by molar-refractivity contribution is 7.89. The third-order valence-electron chi connectivity index (χ3n) is 3.36. The van der Waals surface area contributed by atoms with Gasteiger partial charge < -0.3 is 5.32 Å². The molecule has 0 saturated carbocycles. The molecule has 8 heteroatoms. The Labute approximate surface area is 117 Å². The fourth-order valence-corrected chi connectivity index (χ4v) is 4.15. The number of sulfonamides is 1. The molecule has 1 fully saturated rings. The van der Waals surface area contributed by atoms with Crippen molar-refractivity contribution in [3.05, 3.63) is 34.4 Å². The largest absolute Gasteiger partial charge is 0.311 e. The highest BCUT2D eigenvalue weighted by Crippen LogP contribution is 2.28. The van der Waals surface area contributed by atoms with Crippen LogP contribution in [0.4, 0.5) is 5.69 Å². The normalized spacial score (nSPS) is 24.5. The fourth-order valence-electron chi connectivity index (χ4n) is 2.28. The van der Waals surface area contributed by atoms with E-state index in [0.29, 0.717) is 13.1 Å². The van der Waals surface area contributed by atoms with Gasteiger partial charge in [0.05, 0.1) is 4.92 Å². The van der Waals surface area contributed by atoms with Gasteiger partial charge in [0.15, 0.2) is 4.90 Å². The van der Waals surface area contributed by atoms with Gasteiger partial charge in [-0.1, -0.05) is 12.1 Å². The maximum Gasteiger partial charge on any atom is 0.289 e. The minimum Gasteiger partial charge on any atom is -0.311 e. The van der Waals surface area contributed by atoms with Gasteiger partial charge in [0.1, 0.15) is 0 Å². The molecule has 0 aromatic heterocycles. The molecule has 1 aromatic carbocycles. The van der Waals surface area contributed by atoms with Crippen LogP contribution in [0.1, 0.15) is 13.8 Å². The van der Waals surface area contributed by atoms with Crippen LogP contribution in [0.2, 0.25) is 0 Å². The maximum atomic E-state index is 12.7. The van der Waals surface area contributed by atoms with Gasteiger partial charge in [-0.05, 0) is 19.9 Å². The van der Waals surface area contributed by atoms with Crippen molar-refractivity contribution in [2.24, 2.45) is 0 Å². The third-order valence-corrected chi connectivity index (χ3v) is 5.38. The monoisotopic (exact) mass is 299 g/mol. The van der Waals surface area contributed by atoms with Crippen molar-refractivity contribution in [1.82, 2.24) is 9.62 Å². The average Bonchev–Trinajstić information content (AvgIpc) is 2.41. The van der Waals surface area contributed by atoms with E-state index in [2.05, 4.69) is 5.32 Å². The fraction of sp³-hybridized carbons (Fsp3) is 0.500. The predicted molar refractivity (Wildman–Crippen MR) is 73.9 cm³/mol. The number of benzene rings is 1. The molecule has 1 aliphatic rings. The second-order valence-corrected chi connectivity index (χ2v) is 6.82. The minimum absolute atomic E-state index is 0.0174. The summed E-state index contributed by atoms with van der Waals surface area (Å²) in [5.41, 5.74) is -0.383. The SMILES string of the molecule is CC1CN(S(=O)(=O)c2ccccc2[N+](=O)[O-])C(C)CN1. The Balaban J connectivity index is 2.47. The van der Waals surface area contributed by atoms with E-state index in [4.69, 9.17) is 0 Å². The summed E-state index contributed by atoms with van der Waals surface area (Å²) in [7, 11) is -3.87. The van der Waals surface area contributed by atoms with Gasteiger partial charge in [-0.2, -0.15) is 4.31 Å². The number of para-hydroxylation sites is 1. The lowest BCUT2D eigenvalue weighted by Crippen LogP contribution is -2.56. The second kappa shape index (κ2) is 5.47. The molecule has 2 rings (SSSR count). The van der Waals surface area contributed by atoms with E-state index in [0.717, 1.165) is 0 Å². The first kappa shape index (κ1) is 14.9. The van der Waals surface area contributed by atoms with E-state index >= 15 is 0 Å². The van der Waals surface area contributed by atoms with Gasteiger partial charge >= 0.3 is 0 Å². The second-order valence-electron chi connectivity index (χ2n) is 4.96. The minimum atomic E-state index is -3.87. The van der Waals surface area contributed by atoms with Crippen LogP contribution >= 0.6 is 0 Å². The number of nitrogens with one attached hydrogen (secondary N) is 1. The Bertz CT molecular complexity index is 617. The first-order valence-electron chi connectivity index (χ1n) is 6.32. The molecule has 1 aliphatic heterocycles. The van der Waals surface area contributed by atoms with Gasteiger partial charge in [-0.25, -0.2) is 8.42 Å². The molecule has 2 atom stereocenters. The topological polar surface area (TPSA) is 92.5 Å². The summed E-state index contributed by atoms with van der Waals surface area (Å²) in [6.07, 6.45) is 0. The van der Waals surface area contributed by atoms with Crippen molar-refractivity contribution in [1.29, 1.82) is 0 Å². The maximum absolute atomic E-state index is 12.7. The number of hydrogen-bond acceptors (Lipinski definition) is 5. The zero-order chi connectivity index (χ0) is 14.9. The Morgan fingerprint density at radius 3 is 2.65 bits per heavy atom. The number of hydrogen-bond donors (Lipinski definition) is 1. The van der Waals surface area contributed by atoms with Gasteiger partial charge in [0.25, 0.3) is 5.69 Å². The average molecular weight is 299 g/mol. The third kappa shape index (κ3) is 2.67. The van der Waals surface area contributed by atoms with Crippen molar-refractivity contribution in [2.45, 2.75) is 30.8 Å². The quantitative estimate of drug-likeness (QED) is 0.663. The van der Waals surface area contributed by atoms with Gasteiger partial charge in [-0.3, -0.25) is 10.1 Å². The van der Waals surface area contributed by atoms with E-state index in [9.17, 15) is 18.5 Å². The molecule has 7 nitrogen and oxygen atoms in total. The summed E-state index contributed by atoms with van der Waals surface area (Å²) < 4.78 is 26.7. The van der Waals surface area contributed by atoms with Crippen LogP contribution in [0.5, 0.6) is 0 Å². The summed E-state index contributed by atoms with van der Waals surface area (Å²) in [6.45, 7) is 4.50. The van der Waals surface area contributed by atoms with E-state index in [1.807, 2.05) is 6.92 Å². The summed E-state index contributed by atoms with van der Waals surface area (Å²) in [5.74, 6) is 0. The summed E-state index contributed by atoms with van der Waals surface area (Å²) >= 11 is 0. The smallest absolute Gasteiger partial charge is 0.289 e. The van der Waals surface area contributed by atoms with E-state index < -0.39 is 14.9 Å². The summed E-state index contributed by atoms with van der Waals surface area (Å²) in [4.78, 5) is 10.1. The van der Waals surface area contributed by atoms with Crippen LogP contribution in [-0.2, 0) is 10.0 Å². The highest BCUT2D eigenvalue weighted by atomic mass is 32.2. The molecule has 0 amide bonds. The van der Waals surface area contributed by atoms with Crippen molar-refractivity contribution in [3.8, 4) is 0 Å². The van der Waals surface area contributed by atoms with E-state index in [1.54, 1.807) is 6.92 Å². The van der Waals surface area contributed by atoms with Crippen LogP contribution < -0.4 is 5.32 Å². The van der Waals surface area contributed by atoms with Crippen molar-refractivity contribution < 1.29 is 13.3 Å². The number of rotatable bonds is 3. The molecule has 110 valence electrons. The molecule has 2 unspecified atom stereocenters. The van der Waals surface area contributed by atoms with Crippen LogP contribution in [0, 0.1) is 10.1 Å². The standard InChI is InChI=1S/C12H17N3O4S/c1-9-8-14(10(2)7-13-9)20(18,19)12-6-4-3-5-11(12)15(16)17/h3-6,9-10,13H,7-8H2,1-2H3. The van der Waals surface area contributed by atoms with Crippen LogP contribution in [0.15, 0.2) is 29.2 Å². The zero-order valence-corrected chi connectivity index (χ0v) is 12.1. The lowest BCUT2D eigenvalue weighted by atomic mass is 10.2. The molecule has 0 spiro atoms. The van der Waals surface area contributed by atoms with E-state index in [-0.39, 0.29) is 22.7 Å². The van der Waals surface area contributed by atoms with Gasteiger partial charge in [0.2, 0.25) is 10.0 Å². The lowest BCUT2D eigenvalue weighted by molar-refractivity contribution is -0.387. The molecular formula is C12H17N3O4S. The van der Waals surface area contributed by atoms with Gasteiger partial charge in [-0.15, -0.1) is 0 Å². The number of nitro benzene ring substituents is 1. The predicted octanol–water partition coefficient (Wildman–Crippen LogP) is 0.966. The lowest BCUT2D eigenvalue weighted by Gasteiger charge is -2.36. The summed E-state index contributed by atoms with van der Waals surface area (Å²) in [5, 5.41) is 14.2. The number of piperazine rings is 1. The Morgan fingerprint density at radius 2 is 2.00 bits per heavy atom. The molecule has 1 N–H and O–H groups in total. The Morgan fingerprint density at radius 1 is 1.35 bits per heavy atom. The molecular weight excluding hydrogens is 282 g/mol. The Kier molecular flexibility index (Phi) is 4.07. The van der Waals surface area contributed by atoms with Crippen molar-refractivity contribution in [2.75, 3.05) is 13.1 Å². The van der Waals surface area contributed by atoms with Crippen LogP contribution in [0.25, 0.3) is 0 Å². The molecule has 1 aromatic rings. The zero-order valence-electron chi connectivity index (χ0n) is 11.3. The number of nitrogens with zero attached hydrogens (tertiary/aromatic N) is 2. The molecule has 20 heavy (non-hydrogen) atoms.